The van der Waals surface area contributed by atoms with E-state index in [1.54, 1.807) is 37.7 Å². The SMILES string of the molecule is COc1ccc(/C=C/C(=O)NC2(c3nc(C)cs3)CCCC2)cc1OC. The van der Waals surface area contributed by atoms with Gasteiger partial charge in [-0.1, -0.05) is 18.9 Å². The van der Waals surface area contributed by atoms with Crippen LogP contribution >= 0.6 is 11.3 Å². The quantitative estimate of drug-likeness (QED) is 0.777. The molecule has 1 aliphatic carbocycles. The summed E-state index contributed by atoms with van der Waals surface area (Å²) in [6.07, 6.45) is 7.46. The van der Waals surface area contributed by atoms with Crippen LogP contribution in [-0.4, -0.2) is 25.1 Å². The Bertz CT molecular complexity index is 807. The van der Waals surface area contributed by atoms with E-state index in [1.807, 2.05) is 30.5 Å². The van der Waals surface area contributed by atoms with Gasteiger partial charge in [-0.15, -0.1) is 11.3 Å². The number of methoxy groups -OCH3 is 2. The first-order valence-electron chi connectivity index (χ1n) is 8.71. The second kappa shape index (κ2) is 7.91. The number of carbonyl (C=O) groups excluding carboxylic acids is 1. The van der Waals surface area contributed by atoms with Crippen molar-refractivity contribution in [3.8, 4) is 11.5 Å². The molecule has 1 saturated carbocycles. The third-order valence-corrected chi connectivity index (χ3v) is 5.85. The van der Waals surface area contributed by atoms with Gasteiger partial charge < -0.3 is 14.8 Å². The van der Waals surface area contributed by atoms with E-state index in [0.717, 1.165) is 41.9 Å². The second-order valence-corrected chi connectivity index (χ2v) is 7.38. The lowest BCUT2D eigenvalue weighted by Gasteiger charge is -2.27. The average Bonchev–Trinajstić information content (AvgIpc) is 3.29. The summed E-state index contributed by atoms with van der Waals surface area (Å²) in [6.45, 7) is 1.99. The van der Waals surface area contributed by atoms with Gasteiger partial charge in [0.25, 0.3) is 0 Å². The minimum atomic E-state index is -0.321. The predicted molar refractivity (Wildman–Crippen MR) is 104 cm³/mol. The van der Waals surface area contributed by atoms with E-state index >= 15 is 0 Å². The molecule has 26 heavy (non-hydrogen) atoms. The molecule has 1 fully saturated rings. The molecule has 1 aromatic heterocycles. The maximum atomic E-state index is 12.6. The summed E-state index contributed by atoms with van der Waals surface area (Å²) in [7, 11) is 3.19. The fourth-order valence-electron chi connectivity index (χ4n) is 3.35. The van der Waals surface area contributed by atoms with Crippen LogP contribution in [0.25, 0.3) is 6.08 Å². The maximum Gasteiger partial charge on any atom is 0.244 e. The Morgan fingerprint density at radius 3 is 2.58 bits per heavy atom. The molecule has 3 rings (SSSR count). The molecule has 0 saturated heterocycles. The van der Waals surface area contributed by atoms with Gasteiger partial charge in [-0.3, -0.25) is 4.79 Å². The number of rotatable bonds is 6. The van der Waals surface area contributed by atoms with Crippen LogP contribution in [0.3, 0.4) is 0 Å². The Balaban J connectivity index is 1.74. The molecule has 1 amide bonds. The number of aromatic nitrogens is 1. The van der Waals surface area contributed by atoms with Crippen molar-refractivity contribution in [3.63, 3.8) is 0 Å². The monoisotopic (exact) mass is 372 g/mol. The zero-order valence-electron chi connectivity index (χ0n) is 15.4. The lowest BCUT2D eigenvalue weighted by atomic mass is 9.98. The van der Waals surface area contributed by atoms with Crippen LogP contribution in [0.2, 0.25) is 0 Å². The van der Waals surface area contributed by atoms with Crippen LogP contribution in [0.1, 0.15) is 41.9 Å². The highest BCUT2D eigenvalue weighted by atomic mass is 32.1. The zero-order valence-corrected chi connectivity index (χ0v) is 16.2. The van der Waals surface area contributed by atoms with Gasteiger partial charge in [0.2, 0.25) is 5.91 Å². The van der Waals surface area contributed by atoms with E-state index in [-0.39, 0.29) is 11.4 Å². The van der Waals surface area contributed by atoms with Crippen molar-refractivity contribution in [1.82, 2.24) is 10.3 Å². The summed E-state index contributed by atoms with van der Waals surface area (Å²) in [4.78, 5) is 17.2. The van der Waals surface area contributed by atoms with Gasteiger partial charge in [0.05, 0.1) is 19.8 Å². The third kappa shape index (κ3) is 3.90. The molecule has 0 unspecified atom stereocenters. The number of amides is 1. The second-order valence-electron chi connectivity index (χ2n) is 6.52. The minimum Gasteiger partial charge on any atom is -0.493 e. The van der Waals surface area contributed by atoms with Gasteiger partial charge in [0.15, 0.2) is 11.5 Å². The predicted octanol–water partition coefficient (Wildman–Crippen LogP) is 4.07. The van der Waals surface area contributed by atoms with Crippen molar-refractivity contribution in [2.24, 2.45) is 0 Å². The lowest BCUT2D eigenvalue weighted by molar-refractivity contribution is -0.118. The van der Waals surface area contributed by atoms with E-state index in [9.17, 15) is 4.79 Å². The molecular weight excluding hydrogens is 348 g/mol. The smallest absolute Gasteiger partial charge is 0.244 e. The Hall–Kier alpha value is -2.34. The summed E-state index contributed by atoms with van der Waals surface area (Å²) in [5.74, 6) is 1.20. The van der Waals surface area contributed by atoms with E-state index in [4.69, 9.17) is 9.47 Å². The highest BCUT2D eigenvalue weighted by molar-refractivity contribution is 7.09. The van der Waals surface area contributed by atoms with Crippen molar-refractivity contribution in [2.45, 2.75) is 38.1 Å². The molecular formula is C20H24N2O3S. The summed E-state index contributed by atoms with van der Waals surface area (Å²) in [6, 6.07) is 5.56. The molecule has 0 bridgehead atoms. The lowest BCUT2D eigenvalue weighted by Crippen LogP contribution is -2.43. The van der Waals surface area contributed by atoms with Crippen molar-refractivity contribution in [1.29, 1.82) is 0 Å². The van der Waals surface area contributed by atoms with Crippen molar-refractivity contribution in [2.75, 3.05) is 14.2 Å². The molecule has 1 aromatic carbocycles. The third-order valence-electron chi connectivity index (χ3n) is 4.68. The number of aryl methyl sites for hydroxylation is 1. The van der Waals surface area contributed by atoms with Gasteiger partial charge in [0, 0.05) is 17.2 Å². The first kappa shape index (κ1) is 18.5. The van der Waals surface area contributed by atoms with Crippen LogP contribution in [0.15, 0.2) is 29.7 Å². The molecule has 1 N–H and O–H groups in total. The van der Waals surface area contributed by atoms with Gasteiger partial charge in [0.1, 0.15) is 5.01 Å². The van der Waals surface area contributed by atoms with Crippen LogP contribution in [-0.2, 0) is 10.3 Å². The van der Waals surface area contributed by atoms with Crippen molar-refractivity contribution >= 4 is 23.3 Å². The van der Waals surface area contributed by atoms with Gasteiger partial charge in [-0.25, -0.2) is 4.98 Å². The van der Waals surface area contributed by atoms with Crippen LogP contribution in [0, 0.1) is 6.92 Å². The molecule has 0 radical (unpaired) electrons. The van der Waals surface area contributed by atoms with Crippen molar-refractivity contribution < 1.29 is 14.3 Å². The largest absolute Gasteiger partial charge is 0.493 e. The Kier molecular flexibility index (Phi) is 5.61. The summed E-state index contributed by atoms with van der Waals surface area (Å²) >= 11 is 1.63. The Labute approximate surface area is 158 Å². The molecule has 0 spiro atoms. The van der Waals surface area contributed by atoms with Crippen molar-refractivity contribution in [3.05, 3.63) is 45.9 Å². The fourth-order valence-corrected chi connectivity index (χ4v) is 4.36. The number of benzene rings is 1. The fraction of sp³-hybridized carbons (Fsp3) is 0.400. The highest BCUT2D eigenvalue weighted by Gasteiger charge is 2.39. The number of carbonyl (C=O) groups is 1. The van der Waals surface area contributed by atoms with Gasteiger partial charge in [-0.2, -0.15) is 0 Å². The maximum absolute atomic E-state index is 12.6. The number of thiazole rings is 1. The number of nitrogens with zero attached hydrogens (tertiary/aromatic N) is 1. The summed E-state index contributed by atoms with van der Waals surface area (Å²) in [5.41, 5.74) is 1.56. The minimum absolute atomic E-state index is 0.102. The van der Waals surface area contributed by atoms with Gasteiger partial charge in [-0.05, 0) is 43.5 Å². The topological polar surface area (TPSA) is 60.5 Å². The molecule has 1 heterocycles. The Morgan fingerprint density at radius 1 is 1.23 bits per heavy atom. The number of hydrogen-bond acceptors (Lipinski definition) is 5. The number of nitrogens with one attached hydrogen (secondary N) is 1. The van der Waals surface area contributed by atoms with E-state index in [0.29, 0.717) is 11.5 Å². The summed E-state index contributed by atoms with van der Waals surface area (Å²) in [5, 5.41) is 6.27. The van der Waals surface area contributed by atoms with Gasteiger partial charge >= 0.3 is 0 Å². The van der Waals surface area contributed by atoms with E-state index in [1.165, 1.54) is 0 Å². The van der Waals surface area contributed by atoms with Crippen LogP contribution in [0.4, 0.5) is 0 Å². The number of ether oxygens (including phenoxy) is 2. The first-order chi connectivity index (χ1) is 12.6. The Morgan fingerprint density at radius 2 is 1.96 bits per heavy atom. The molecule has 6 heteroatoms. The standard InChI is InChI=1S/C20H24N2O3S/c1-14-13-26-19(21-14)20(10-4-5-11-20)22-18(23)9-7-15-6-8-16(24-2)17(12-15)25-3/h6-9,12-13H,4-5,10-11H2,1-3H3,(H,22,23)/b9-7+. The first-order valence-corrected chi connectivity index (χ1v) is 9.59. The highest BCUT2D eigenvalue weighted by Crippen LogP contribution is 2.40. The molecule has 0 atom stereocenters. The molecule has 0 aliphatic heterocycles. The normalized spacial score (nSPS) is 16.0. The van der Waals surface area contributed by atoms with E-state index < -0.39 is 0 Å². The number of hydrogen-bond donors (Lipinski definition) is 1. The van der Waals surface area contributed by atoms with E-state index in [2.05, 4.69) is 10.3 Å². The molecule has 138 valence electrons. The average molecular weight is 372 g/mol. The van der Waals surface area contributed by atoms with Crippen LogP contribution < -0.4 is 14.8 Å². The molecule has 1 aliphatic rings. The molecule has 5 nitrogen and oxygen atoms in total. The molecule has 2 aromatic rings. The summed E-state index contributed by atoms with van der Waals surface area (Å²) < 4.78 is 10.5. The zero-order chi connectivity index (χ0) is 18.6. The van der Waals surface area contributed by atoms with Crippen LogP contribution in [0.5, 0.6) is 11.5 Å².